The van der Waals surface area contributed by atoms with E-state index in [4.69, 9.17) is 9.11 Å². The monoisotopic (exact) mass is 487 g/mol. The molecule has 2 heterocycles. The number of methoxy groups -OCH3 is 1. The zero-order chi connectivity index (χ0) is 24.0. The fourth-order valence-corrected chi connectivity index (χ4v) is 5.12. The second kappa shape index (κ2) is 10.8. The lowest BCUT2D eigenvalue weighted by molar-refractivity contribution is 0.260. The predicted molar refractivity (Wildman–Crippen MR) is 144 cm³/mol. The van der Waals surface area contributed by atoms with Gasteiger partial charge in [0.05, 0.1) is 11.8 Å². The van der Waals surface area contributed by atoms with E-state index >= 15 is 0 Å². The van der Waals surface area contributed by atoms with Gasteiger partial charge < -0.3 is 20.3 Å². The van der Waals surface area contributed by atoms with E-state index in [1.54, 1.807) is 24.7 Å². The van der Waals surface area contributed by atoms with Crippen molar-refractivity contribution in [2.45, 2.75) is 6.42 Å². The quantitative estimate of drug-likeness (QED) is 0.370. The van der Waals surface area contributed by atoms with Crippen LogP contribution in [-0.4, -0.2) is 55.1 Å². The highest BCUT2D eigenvalue weighted by Crippen LogP contribution is 2.29. The lowest BCUT2D eigenvalue weighted by Gasteiger charge is -2.35. The average Bonchev–Trinajstić information content (AvgIpc) is 3.33. The Balaban J connectivity index is 1.07. The Morgan fingerprint density at radius 2 is 1.71 bits per heavy atom. The lowest BCUT2D eigenvalue weighted by Crippen LogP contribution is -2.47. The van der Waals surface area contributed by atoms with Crippen molar-refractivity contribution in [3.05, 3.63) is 78.4 Å². The predicted octanol–water partition coefficient (Wildman–Crippen LogP) is 5.31. The molecule has 1 fully saturated rings. The summed E-state index contributed by atoms with van der Waals surface area (Å²) in [6.45, 7) is 5.10. The number of nitrogens with one attached hydrogen (secondary N) is 2. The molecule has 0 saturated carbocycles. The molecule has 0 bridgehead atoms. The van der Waals surface area contributed by atoms with Crippen LogP contribution in [0.3, 0.4) is 0 Å². The maximum atomic E-state index is 12.3. The number of hydrogen-bond acceptors (Lipinski definition) is 6. The molecule has 0 radical (unpaired) electrons. The molecule has 8 heteroatoms. The number of anilines is 3. The summed E-state index contributed by atoms with van der Waals surface area (Å²) >= 11 is 1.58. The molecule has 1 aromatic heterocycles. The van der Waals surface area contributed by atoms with E-state index < -0.39 is 0 Å². The van der Waals surface area contributed by atoms with Crippen LogP contribution < -0.4 is 20.3 Å². The van der Waals surface area contributed by atoms with Gasteiger partial charge in [-0.25, -0.2) is 4.79 Å². The van der Waals surface area contributed by atoms with Gasteiger partial charge in [-0.3, -0.25) is 4.90 Å². The summed E-state index contributed by atoms with van der Waals surface area (Å²) in [5.74, 6) is 1.83. The highest BCUT2D eigenvalue weighted by atomic mass is 32.1. The Hall–Kier alpha value is -3.62. The van der Waals surface area contributed by atoms with Crippen LogP contribution in [0.25, 0.3) is 10.1 Å². The highest BCUT2D eigenvalue weighted by Gasteiger charge is 2.20. The molecule has 4 aromatic rings. The fourth-order valence-electron chi connectivity index (χ4n) is 4.32. The summed E-state index contributed by atoms with van der Waals surface area (Å²) < 4.78 is 11.1. The summed E-state index contributed by atoms with van der Waals surface area (Å²) in [6, 6.07) is 23.5. The highest BCUT2D eigenvalue weighted by molar-refractivity contribution is 7.13. The van der Waals surface area contributed by atoms with Crippen LogP contribution in [0.4, 0.5) is 22.0 Å². The number of fused-ring (bicyclic) bond motifs is 1. The van der Waals surface area contributed by atoms with Gasteiger partial charge in [0, 0.05) is 55.6 Å². The minimum atomic E-state index is -0.281. The first kappa shape index (κ1) is 23.1. The number of hydrogen-bond donors (Lipinski definition) is 2. The molecule has 0 spiro atoms. The van der Waals surface area contributed by atoms with Crippen molar-refractivity contribution in [2.75, 3.05) is 55.4 Å². The van der Waals surface area contributed by atoms with Gasteiger partial charge in [0.15, 0.2) is 0 Å². The van der Waals surface area contributed by atoms with Crippen LogP contribution >= 0.6 is 11.5 Å². The van der Waals surface area contributed by atoms with Crippen molar-refractivity contribution < 1.29 is 9.53 Å². The maximum Gasteiger partial charge on any atom is 0.323 e. The van der Waals surface area contributed by atoms with E-state index in [1.165, 1.54) is 15.6 Å². The van der Waals surface area contributed by atoms with E-state index in [1.807, 2.05) is 30.3 Å². The first-order valence-electron chi connectivity index (χ1n) is 11.8. The molecular formula is C27H29N5O2S. The van der Waals surface area contributed by atoms with E-state index in [0.717, 1.165) is 50.6 Å². The molecule has 1 aliphatic rings. The van der Waals surface area contributed by atoms with Crippen LogP contribution in [0.15, 0.2) is 72.8 Å². The molecule has 0 unspecified atom stereocenters. The van der Waals surface area contributed by atoms with Gasteiger partial charge in [0.2, 0.25) is 0 Å². The molecule has 0 atom stereocenters. The standard InChI is InChI=1S/C27H29N5O2S/c1-34-23-6-4-5-22(19-23)29-27(33)28-21-11-9-20(10-12-21)13-14-31-15-17-32(18-16-31)26-24-7-2-3-8-25(24)35-30-26/h2-12,19H,13-18H2,1H3,(H2,28,29,33). The molecule has 1 aliphatic heterocycles. The third kappa shape index (κ3) is 5.72. The Morgan fingerprint density at radius 3 is 2.51 bits per heavy atom. The summed E-state index contributed by atoms with van der Waals surface area (Å²) in [7, 11) is 1.60. The summed E-state index contributed by atoms with van der Waals surface area (Å²) in [6.07, 6.45) is 0.982. The molecule has 2 N–H and O–H groups in total. The zero-order valence-corrected chi connectivity index (χ0v) is 20.6. The molecule has 2 amide bonds. The minimum Gasteiger partial charge on any atom is -0.497 e. The Morgan fingerprint density at radius 1 is 0.943 bits per heavy atom. The van der Waals surface area contributed by atoms with E-state index in [9.17, 15) is 4.79 Å². The van der Waals surface area contributed by atoms with Gasteiger partial charge in [-0.1, -0.05) is 30.3 Å². The van der Waals surface area contributed by atoms with Gasteiger partial charge in [-0.2, -0.15) is 4.37 Å². The lowest BCUT2D eigenvalue weighted by atomic mass is 10.1. The molecule has 35 heavy (non-hydrogen) atoms. The minimum absolute atomic E-state index is 0.281. The molecule has 180 valence electrons. The third-order valence-electron chi connectivity index (χ3n) is 6.29. The number of amides is 2. The van der Waals surface area contributed by atoms with Crippen LogP contribution in [0.1, 0.15) is 5.56 Å². The number of carbonyl (C=O) groups is 1. The Labute approximate surface area is 209 Å². The van der Waals surface area contributed by atoms with Crippen molar-refractivity contribution in [2.24, 2.45) is 0 Å². The van der Waals surface area contributed by atoms with Crippen molar-refractivity contribution in [1.29, 1.82) is 0 Å². The molecule has 3 aromatic carbocycles. The molecule has 1 saturated heterocycles. The van der Waals surface area contributed by atoms with Gasteiger partial charge in [0.25, 0.3) is 0 Å². The average molecular weight is 488 g/mol. The summed E-state index contributed by atoms with van der Waals surface area (Å²) in [5, 5.41) is 6.97. The second-order valence-corrected chi connectivity index (χ2v) is 9.39. The normalized spacial score (nSPS) is 14.1. The topological polar surface area (TPSA) is 69.7 Å². The number of urea groups is 1. The number of rotatable bonds is 7. The SMILES string of the molecule is COc1cccc(NC(=O)Nc2ccc(CCN3CCN(c4nsc5ccccc45)CC3)cc2)c1. The van der Waals surface area contributed by atoms with Gasteiger partial charge in [-0.05, 0) is 59.9 Å². The van der Waals surface area contributed by atoms with Gasteiger partial charge in [-0.15, -0.1) is 0 Å². The zero-order valence-electron chi connectivity index (χ0n) is 19.7. The van der Waals surface area contributed by atoms with Gasteiger partial charge in [0.1, 0.15) is 11.6 Å². The van der Waals surface area contributed by atoms with Crippen LogP contribution in [-0.2, 0) is 6.42 Å². The number of piperazine rings is 1. The third-order valence-corrected chi connectivity index (χ3v) is 7.10. The van der Waals surface area contributed by atoms with E-state index in [-0.39, 0.29) is 6.03 Å². The molecule has 0 aliphatic carbocycles. The van der Waals surface area contributed by atoms with Crippen molar-refractivity contribution >= 4 is 44.8 Å². The number of ether oxygens (including phenoxy) is 1. The number of carbonyl (C=O) groups excluding carboxylic acids is 1. The van der Waals surface area contributed by atoms with E-state index in [0.29, 0.717) is 11.4 Å². The summed E-state index contributed by atoms with van der Waals surface area (Å²) in [5.41, 5.74) is 2.71. The fraction of sp³-hybridized carbons (Fsp3) is 0.259. The molecule has 5 rings (SSSR count). The molecule has 7 nitrogen and oxygen atoms in total. The Bertz CT molecular complexity index is 1280. The van der Waals surface area contributed by atoms with Crippen LogP contribution in [0.5, 0.6) is 5.75 Å². The van der Waals surface area contributed by atoms with Crippen LogP contribution in [0, 0.1) is 0 Å². The largest absolute Gasteiger partial charge is 0.497 e. The van der Waals surface area contributed by atoms with Crippen molar-refractivity contribution in [3.63, 3.8) is 0 Å². The number of nitrogens with zero attached hydrogens (tertiary/aromatic N) is 3. The smallest absolute Gasteiger partial charge is 0.323 e. The number of benzene rings is 3. The first-order chi connectivity index (χ1) is 17.2. The van der Waals surface area contributed by atoms with E-state index in [2.05, 4.69) is 56.8 Å². The van der Waals surface area contributed by atoms with Crippen molar-refractivity contribution in [1.82, 2.24) is 9.27 Å². The number of aromatic nitrogens is 1. The second-order valence-electron chi connectivity index (χ2n) is 8.59. The Kier molecular flexibility index (Phi) is 7.11. The molecular weight excluding hydrogens is 458 g/mol. The first-order valence-corrected chi connectivity index (χ1v) is 12.6. The van der Waals surface area contributed by atoms with Crippen LogP contribution in [0.2, 0.25) is 0 Å². The summed E-state index contributed by atoms with van der Waals surface area (Å²) in [4.78, 5) is 17.2. The van der Waals surface area contributed by atoms with Gasteiger partial charge >= 0.3 is 6.03 Å². The maximum absolute atomic E-state index is 12.3. The van der Waals surface area contributed by atoms with Crippen molar-refractivity contribution in [3.8, 4) is 5.75 Å².